The molecular weight excluding hydrogens is 276 g/mol. The van der Waals surface area contributed by atoms with E-state index in [2.05, 4.69) is 10.0 Å². The van der Waals surface area contributed by atoms with E-state index in [0.29, 0.717) is 12.2 Å². The second-order valence-electron chi connectivity index (χ2n) is 5.81. The lowest BCUT2D eigenvalue weighted by molar-refractivity contribution is 0.0239. The van der Waals surface area contributed by atoms with E-state index in [-0.39, 0.29) is 4.90 Å². The largest absolute Gasteiger partial charge is 0.388 e. The first-order chi connectivity index (χ1) is 9.01. The maximum absolute atomic E-state index is 12.2. The summed E-state index contributed by atoms with van der Waals surface area (Å²) in [4.78, 5) is 0.180. The summed E-state index contributed by atoms with van der Waals surface area (Å²) in [5, 5.41) is 13.3. The van der Waals surface area contributed by atoms with Gasteiger partial charge in [0.2, 0.25) is 10.0 Å². The summed E-state index contributed by atoms with van der Waals surface area (Å²) in [5.74, 6) is 0. The van der Waals surface area contributed by atoms with Gasteiger partial charge in [-0.1, -0.05) is 19.1 Å². The number of sulfonamides is 1. The average Bonchev–Trinajstić information content (AvgIpc) is 2.27. The van der Waals surface area contributed by atoms with Crippen LogP contribution in [0.2, 0.25) is 0 Å². The molecule has 0 heterocycles. The number of nitrogens with one attached hydrogen (secondary N) is 2. The molecule has 0 aliphatic carbocycles. The topological polar surface area (TPSA) is 78.4 Å². The Morgan fingerprint density at radius 1 is 1.15 bits per heavy atom. The molecule has 0 bridgehead atoms. The van der Waals surface area contributed by atoms with E-state index >= 15 is 0 Å². The van der Waals surface area contributed by atoms with Gasteiger partial charge < -0.3 is 10.4 Å². The summed E-state index contributed by atoms with van der Waals surface area (Å²) in [6, 6.07) is 6.67. The summed E-state index contributed by atoms with van der Waals surface area (Å²) in [6.07, 6.45) is 0. The minimum atomic E-state index is -3.55. The fourth-order valence-electron chi connectivity index (χ4n) is 1.56. The molecule has 1 aromatic rings. The smallest absolute Gasteiger partial charge is 0.242 e. The molecule has 0 unspecified atom stereocenters. The molecule has 0 atom stereocenters. The second kappa shape index (κ2) is 5.71. The van der Waals surface area contributed by atoms with Crippen molar-refractivity contribution in [2.75, 3.05) is 11.9 Å². The summed E-state index contributed by atoms with van der Waals surface area (Å²) in [6.45, 7) is 9.07. The van der Waals surface area contributed by atoms with Crippen LogP contribution in [-0.4, -0.2) is 31.2 Å². The summed E-state index contributed by atoms with van der Waals surface area (Å²) >= 11 is 0. The van der Waals surface area contributed by atoms with Crippen molar-refractivity contribution in [2.45, 2.75) is 50.7 Å². The molecule has 5 nitrogen and oxygen atoms in total. The highest BCUT2D eigenvalue weighted by atomic mass is 32.2. The molecule has 0 aromatic heterocycles. The first-order valence-corrected chi connectivity index (χ1v) is 8.09. The normalized spacial score (nSPS) is 13.3. The van der Waals surface area contributed by atoms with Crippen molar-refractivity contribution in [1.82, 2.24) is 4.72 Å². The molecule has 0 saturated heterocycles. The highest BCUT2D eigenvalue weighted by Gasteiger charge is 2.36. The van der Waals surface area contributed by atoms with Crippen molar-refractivity contribution in [3.63, 3.8) is 0 Å². The lowest BCUT2D eigenvalue weighted by Gasteiger charge is -2.39. The van der Waals surface area contributed by atoms with Gasteiger partial charge in [-0.25, -0.2) is 13.1 Å². The SMILES string of the molecule is CCNS(=O)(=O)c1ccccc1NC(C)(C)C(C)(C)O. The number of rotatable bonds is 6. The fraction of sp³-hybridized carbons (Fsp3) is 0.571. The Bertz CT molecular complexity index is 560. The fourth-order valence-corrected chi connectivity index (χ4v) is 2.76. The van der Waals surface area contributed by atoms with Gasteiger partial charge in [0.1, 0.15) is 4.90 Å². The zero-order valence-electron chi connectivity index (χ0n) is 12.7. The third kappa shape index (κ3) is 3.71. The quantitative estimate of drug-likeness (QED) is 0.750. The van der Waals surface area contributed by atoms with Crippen LogP contribution in [0.4, 0.5) is 5.69 Å². The van der Waals surface area contributed by atoms with Crippen molar-refractivity contribution in [2.24, 2.45) is 0 Å². The Hall–Kier alpha value is -1.11. The summed E-state index contributed by atoms with van der Waals surface area (Å²) < 4.78 is 26.8. The molecule has 0 fully saturated rings. The van der Waals surface area contributed by atoms with Crippen molar-refractivity contribution < 1.29 is 13.5 Å². The van der Waals surface area contributed by atoms with Gasteiger partial charge in [0.05, 0.1) is 16.8 Å². The lowest BCUT2D eigenvalue weighted by Crippen LogP contribution is -2.51. The molecule has 0 aliphatic rings. The van der Waals surface area contributed by atoms with E-state index in [4.69, 9.17) is 0 Å². The van der Waals surface area contributed by atoms with E-state index in [9.17, 15) is 13.5 Å². The molecule has 114 valence electrons. The lowest BCUT2D eigenvalue weighted by atomic mass is 9.86. The molecule has 1 aromatic carbocycles. The van der Waals surface area contributed by atoms with Crippen LogP contribution in [0.25, 0.3) is 0 Å². The summed E-state index contributed by atoms with van der Waals surface area (Å²) in [5.41, 5.74) is -1.23. The van der Waals surface area contributed by atoms with Gasteiger partial charge in [-0.15, -0.1) is 0 Å². The number of para-hydroxylation sites is 1. The van der Waals surface area contributed by atoms with E-state index in [1.165, 1.54) is 0 Å². The summed E-state index contributed by atoms with van der Waals surface area (Å²) in [7, 11) is -3.55. The Morgan fingerprint density at radius 3 is 2.20 bits per heavy atom. The van der Waals surface area contributed by atoms with E-state index in [1.54, 1.807) is 45.0 Å². The van der Waals surface area contributed by atoms with Gasteiger partial charge >= 0.3 is 0 Å². The van der Waals surface area contributed by atoms with Gasteiger partial charge in [0.15, 0.2) is 0 Å². The molecule has 0 aliphatic heterocycles. The number of aliphatic hydroxyl groups is 1. The molecule has 0 amide bonds. The van der Waals surface area contributed by atoms with Crippen LogP contribution in [0.5, 0.6) is 0 Å². The molecule has 0 saturated carbocycles. The minimum Gasteiger partial charge on any atom is -0.388 e. The van der Waals surface area contributed by atoms with Crippen molar-refractivity contribution in [1.29, 1.82) is 0 Å². The molecule has 3 N–H and O–H groups in total. The number of benzene rings is 1. The molecule has 6 heteroatoms. The highest BCUT2D eigenvalue weighted by molar-refractivity contribution is 7.89. The van der Waals surface area contributed by atoms with E-state index in [1.807, 2.05) is 13.8 Å². The zero-order valence-corrected chi connectivity index (χ0v) is 13.5. The van der Waals surface area contributed by atoms with Crippen LogP contribution in [0, 0.1) is 0 Å². The Morgan fingerprint density at radius 2 is 1.70 bits per heavy atom. The van der Waals surface area contributed by atoms with Gasteiger partial charge in [-0.3, -0.25) is 0 Å². The Kier molecular flexibility index (Phi) is 4.84. The van der Waals surface area contributed by atoms with Crippen LogP contribution in [-0.2, 0) is 10.0 Å². The van der Waals surface area contributed by atoms with Gasteiger partial charge in [0.25, 0.3) is 0 Å². The monoisotopic (exact) mass is 300 g/mol. The molecule has 0 radical (unpaired) electrons. The van der Waals surface area contributed by atoms with Crippen LogP contribution >= 0.6 is 0 Å². The van der Waals surface area contributed by atoms with Crippen molar-refractivity contribution >= 4 is 15.7 Å². The van der Waals surface area contributed by atoms with Gasteiger partial charge in [-0.05, 0) is 39.8 Å². The van der Waals surface area contributed by atoms with E-state index in [0.717, 1.165) is 0 Å². The van der Waals surface area contributed by atoms with Crippen LogP contribution in [0.15, 0.2) is 29.2 Å². The van der Waals surface area contributed by atoms with E-state index < -0.39 is 21.2 Å². The number of anilines is 1. The molecule has 20 heavy (non-hydrogen) atoms. The zero-order chi connectivity index (χ0) is 15.6. The minimum absolute atomic E-state index is 0.180. The second-order valence-corrected chi connectivity index (χ2v) is 7.54. The number of hydrogen-bond acceptors (Lipinski definition) is 4. The van der Waals surface area contributed by atoms with Gasteiger partial charge in [0, 0.05) is 6.54 Å². The standard InChI is InChI=1S/C14H24N2O3S/c1-6-15-20(18,19)12-10-8-7-9-11(12)16-13(2,3)14(4,5)17/h7-10,15-17H,6H2,1-5H3. The van der Waals surface area contributed by atoms with Crippen LogP contribution in [0.3, 0.4) is 0 Å². The third-order valence-corrected chi connectivity index (χ3v) is 5.09. The highest BCUT2D eigenvalue weighted by Crippen LogP contribution is 2.29. The first-order valence-electron chi connectivity index (χ1n) is 6.60. The van der Waals surface area contributed by atoms with Crippen LogP contribution < -0.4 is 10.0 Å². The Balaban J connectivity index is 3.23. The molecule has 0 spiro atoms. The maximum atomic E-state index is 12.2. The number of hydrogen-bond donors (Lipinski definition) is 3. The predicted molar refractivity (Wildman–Crippen MR) is 81.3 cm³/mol. The molecule has 1 rings (SSSR count). The Labute approximate surface area is 121 Å². The van der Waals surface area contributed by atoms with Crippen LogP contribution in [0.1, 0.15) is 34.6 Å². The predicted octanol–water partition coefficient (Wildman–Crippen LogP) is 1.95. The van der Waals surface area contributed by atoms with Crippen molar-refractivity contribution in [3.05, 3.63) is 24.3 Å². The molecular formula is C14H24N2O3S. The third-order valence-electron chi connectivity index (χ3n) is 3.49. The van der Waals surface area contributed by atoms with Crippen molar-refractivity contribution in [3.8, 4) is 0 Å². The maximum Gasteiger partial charge on any atom is 0.242 e. The van der Waals surface area contributed by atoms with Gasteiger partial charge in [-0.2, -0.15) is 0 Å². The average molecular weight is 300 g/mol. The first kappa shape index (κ1) is 16.9.